The van der Waals surface area contributed by atoms with Crippen LogP contribution in [-0.2, 0) is 0 Å². The van der Waals surface area contributed by atoms with Gasteiger partial charge in [-0.25, -0.2) is 0 Å². The van der Waals surface area contributed by atoms with Gasteiger partial charge in [0.1, 0.15) is 11.0 Å². The van der Waals surface area contributed by atoms with Crippen LogP contribution in [0.3, 0.4) is 0 Å². The van der Waals surface area contributed by atoms with Crippen molar-refractivity contribution >= 4 is 43.5 Å². The minimum absolute atomic E-state index is 0.939. The minimum Gasteiger partial charge on any atom is -0.138 e. The number of benzene rings is 2. The summed E-state index contributed by atoms with van der Waals surface area (Å²) in [6, 6.07) is 12.4. The van der Waals surface area contributed by atoms with Crippen LogP contribution in [0.25, 0.3) is 31.6 Å². The van der Waals surface area contributed by atoms with Gasteiger partial charge in [-0.15, -0.1) is 10.2 Å². The van der Waals surface area contributed by atoms with Crippen molar-refractivity contribution < 1.29 is 0 Å². The van der Waals surface area contributed by atoms with E-state index in [1.54, 1.807) is 0 Å². The van der Waals surface area contributed by atoms with Crippen LogP contribution in [0.15, 0.2) is 36.4 Å². The fourth-order valence-corrected chi connectivity index (χ4v) is 3.00. The predicted molar refractivity (Wildman–Crippen MR) is 73.8 cm³/mol. The normalized spacial score (nSPS) is 11.3. The Labute approximate surface area is 110 Å². The minimum atomic E-state index is 0.939. The van der Waals surface area contributed by atoms with Crippen LogP contribution in [0, 0.1) is 0 Å². The average Bonchev–Trinajstić information content (AvgIpc) is 3.05. The van der Waals surface area contributed by atoms with Crippen LogP contribution in [0.1, 0.15) is 0 Å². The molecular weight excluding hydrogens is 264 g/mol. The van der Waals surface area contributed by atoms with Gasteiger partial charge in [-0.2, -0.15) is 0 Å². The quantitative estimate of drug-likeness (QED) is 0.532. The van der Waals surface area contributed by atoms with E-state index in [1.165, 1.54) is 23.1 Å². The van der Waals surface area contributed by atoms with Crippen molar-refractivity contribution in [2.75, 3.05) is 0 Å². The molecule has 0 aliphatic heterocycles. The van der Waals surface area contributed by atoms with E-state index >= 15 is 0 Å². The number of hydrogen-bond acceptors (Lipinski definition) is 6. The first kappa shape index (κ1) is 10.0. The zero-order valence-corrected chi connectivity index (χ0v) is 10.7. The largest absolute Gasteiger partial charge is 0.138 e. The molecule has 0 N–H and O–H groups in total. The monoisotopic (exact) mass is 270 g/mol. The van der Waals surface area contributed by atoms with Gasteiger partial charge < -0.3 is 0 Å². The van der Waals surface area contributed by atoms with E-state index in [-0.39, 0.29) is 0 Å². The summed E-state index contributed by atoms with van der Waals surface area (Å²) in [5.74, 6) is 0. The summed E-state index contributed by atoms with van der Waals surface area (Å²) in [7, 11) is 0. The number of fused-ring (bicyclic) bond motifs is 2. The summed E-state index contributed by atoms with van der Waals surface area (Å²) in [6.07, 6.45) is 0. The molecule has 2 heterocycles. The second kappa shape index (κ2) is 3.79. The molecule has 0 aliphatic carbocycles. The lowest BCUT2D eigenvalue weighted by Gasteiger charge is -2.00. The fraction of sp³-hybridized carbons (Fsp3) is 0. The third-order valence-corrected chi connectivity index (χ3v) is 4.24. The fourth-order valence-electron chi connectivity index (χ4n) is 1.92. The van der Waals surface area contributed by atoms with Crippen LogP contribution >= 0.6 is 23.1 Å². The van der Waals surface area contributed by atoms with Crippen molar-refractivity contribution in [2.45, 2.75) is 0 Å². The van der Waals surface area contributed by atoms with Gasteiger partial charge in [-0.05, 0) is 58.5 Å². The van der Waals surface area contributed by atoms with E-state index in [9.17, 15) is 0 Å². The predicted octanol–water partition coefficient (Wildman–Crippen LogP) is 3.36. The molecule has 0 saturated heterocycles. The molecular formula is C12H6N4S2. The highest BCUT2D eigenvalue weighted by Crippen LogP contribution is 2.27. The molecule has 0 radical (unpaired) electrons. The molecule has 4 nitrogen and oxygen atoms in total. The maximum absolute atomic E-state index is 4.10. The summed E-state index contributed by atoms with van der Waals surface area (Å²) in [5, 5.41) is 8.20. The molecule has 0 amide bonds. The molecule has 0 spiro atoms. The lowest BCUT2D eigenvalue weighted by molar-refractivity contribution is 1.20. The highest BCUT2D eigenvalue weighted by Gasteiger charge is 2.05. The molecule has 0 bridgehead atoms. The molecule has 4 rings (SSSR count). The second-order valence-corrected chi connectivity index (χ2v) is 5.48. The van der Waals surface area contributed by atoms with Crippen LogP contribution in [0.2, 0.25) is 0 Å². The maximum Gasteiger partial charge on any atom is 0.106 e. The SMILES string of the molecule is c1cc2snnc2cc1-c1ccc2snnc2c1. The molecule has 18 heavy (non-hydrogen) atoms. The van der Waals surface area contributed by atoms with Crippen molar-refractivity contribution in [3.05, 3.63) is 36.4 Å². The smallest absolute Gasteiger partial charge is 0.106 e. The van der Waals surface area contributed by atoms with E-state index in [0.717, 1.165) is 31.6 Å². The van der Waals surface area contributed by atoms with Gasteiger partial charge in [-0.3, -0.25) is 0 Å². The highest BCUT2D eigenvalue weighted by molar-refractivity contribution is 7.13. The average molecular weight is 270 g/mol. The van der Waals surface area contributed by atoms with Gasteiger partial charge in [0.15, 0.2) is 0 Å². The topological polar surface area (TPSA) is 51.6 Å². The Morgan fingerprint density at radius 2 is 1.17 bits per heavy atom. The van der Waals surface area contributed by atoms with Gasteiger partial charge >= 0.3 is 0 Å². The summed E-state index contributed by atoms with van der Waals surface area (Å²) in [6.45, 7) is 0. The van der Waals surface area contributed by atoms with Crippen LogP contribution in [0.4, 0.5) is 0 Å². The van der Waals surface area contributed by atoms with Crippen molar-refractivity contribution in [3.8, 4) is 11.1 Å². The Morgan fingerprint density at radius 1 is 0.667 bits per heavy atom. The Kier molecular flexibility index (Phi) is 2.12. The van der Waals surface area contributed by atoms with E-state index in [2.05, 4.69) is 55.6 Å². The molecule has 0 fully saturated rings. The first-order valence-corrected chi connectivity index (χ1v) is 6.89. The van der Waals surface area contributed by atoms with Gasteiger partial charge in [0.25, 0.3) is 0 Å². The molecule has 0 saturated carbocycles. The van der Waals surface area contributed by atoms with Crippen LogP contribution in [0.5, 0.6) is 0 Å². The summed E-state index contributed by atoms with van der Waals surface area (Å²) >= 11 is 2.83. The van der Waals surface area contributed by atoms with Crippen LogP contribution in [-0.4, -0.2) is 19.2 Å². The van der Waals surface area contributed by atoms with Gasteiger partial charge in [0.05, 0.1) is 9.40 Å². The van der Waals surface area contributed by atoms with E-state index < -0.39 is 0 Å². The van der Waals surface area contributed by atoms with E-state index in [4.69, 9.17) is 0 Å². The molecule has 6 heteroatoms. The first-order valence-electron chi connectivity index (χ1n) is 5.35. The standard InChI is InChI=1S/C12H6N4S2/c1-3-11-9(13-15-17-11)5-7(1)8-2-4-12-10(6-8)14-16-18-12/h1-6H. The first-order chi connectivity index (χ1) is 8.90. The van der Waals surface area contributed by atoms with Gasteiger partial charge in [0, 0.05) is 0 Å². The summed E-state index contributed by atoms with van der Waals surface area (Å²) in [5.41, 5.74) is 4.14. The Hall–Kier alpha value is -1.92. The van der Waals surface area contributed by atoms with Crippen molar-refractivity contribution in [1.82, 2.24) is 19.2 Å². The molecule has 2 aromatic carbocycles. The van der Waals surface area contributed by atoms with Crippen molar-refractivity contribution in [2.24, 2.45) is 0 Å². The molecule has 86 valence electrons. The zero-order valence-electron chi connectivity index (χ0n) is 9.07. The lowest BCUT2D eigenvalue weighted by atomic mass is 10.1. The van der Waals surface area contributed by atoms with Gasteiger partial charge in [0.2, 0.25) is 0 Å². The third-order valence-electron chi connectivity index (χ3n) is 2.83. The Morgan fingerprint density at radius 3 is 1.67 bits per heavy atom. The molecule has 2 aromatic heterocycles. The molecule has 0 aliphatic rings. The second-order valence-electron chi connectivity index (χ2n) is 3.91. The lowest BCUT2D eigenvalue weighted by Crippen LogP contribution is -1.78. The van der Waals surface area contributed by atoms with Crippen molar-refractivity contribution in [1.29, 1.82) is 0 Å². The van der Waals surface area contributed by atoms with E-state index in [1.807, 2.05) is 0 Å². The Balaban J connectivity index is 1.93. The number of nitrogens with zero attached hydrogens (tertiary/aromatic N) is 4. The Bertz CT molecular complexity index is 777. The zero-order chi connectivity index (χ0) is 11.9. The van der Waals surface area contributed by atoms with Gasteiger partial charge in [-0.1, -0.05) is 21.1 Å². The number of aromatic nitrogens is 4. The van der Waals surface area contributed by atoms with E-state index in [0.29, 0.717) is 0 Å². The highest BCUT2D eigenvalue weighted by atomic mass is 32.1. The number of hydrogen-bond donors (Lipinski definition) is 0. The van der Waals surface area contributed by atoms with Crippen molar-refractivity contribution in [3.63, 3.8) is 0 Å². The third kappa shape index (κ3) is 1.50. The molecule has 4 aromatic rings. The van der Waals surface area contributed by atoms with Crippen LogP contribution < -0.4 is 0 Å². The summed E-state index contributed by atoms with van der Waals surface area (Å²) < 4.78 is 10.1. The number of rotatable bonds is 1. The molecule has 0 unspecified atom stereocenters. The summed E-state index contributed by atoms with van der Waals surface area (Å²) in [4.78, 5) is 0. The maximum atomic E-state index is 4.10. The molecule has 0 atom stereocenters.